The number of rotatable bonds is 4. The number of likely N-dealkylation sites (tertiary alicyclic amines) is 1. The van der Waals surface area contributed by atoms with Gasteiger partial charge >= 0.3 is 0 Å². The van der Waals surface area contributed by atoms with Crippen molar-refractivity contribution in [2.75, 3.05) is 59.5 Å². The first-order valence-electron chi connectivity index (χ1n) is 7.48. The monoisotopic (exact) mass is 255 g/mol. The van der Waals surface area contributed by atoms with Gasteiger partial charge < -0.3 is 15.0 Å². The average Bonchev–Trinajstić information content (AvgIpc) is 2.66. The molecule has 2 aliphatic rings. The van der Waals surface area contributed by atoms with E-state index < -0.39 is 0 Å². The van der Waals surface area contributed by atoms with E-state index in [1.54, 1.807) is 0 Å². The van der Waals surface area contributed by atoms with Crippen LogP contribution in [0.2, 0.25) is 0 Å². The van der Waals surface area contributed by atoms with Crippen molar-refractivity contribution in [1.82, 2.24) is 15.1 Å². The second kappa shape index (κ2) is 7.43. The minimum atomic E-state index is 0.435. The Morgan fingerprint density at radius 3 is 2.78 bits per heavy atom. The number of piperidine rings is 1. The van der Waals surface area contributed by atoms with E-state index in [1.807, 2.05) is 7.11 Å². The van der Waals surface area contributed by atoms with Crippen molar-refractivity contribution in [3.05, 3.63) is 0 Å². The predicted octanol–water partition coefficient (Wildman–Crippen LogP) is 0.639. The molecular weight excluding hydrogens is 226 g/mol. The molecule has 1 N–H and O–H groups in total. The zero-order chi connectivity index (χ0) is 12.8. The number of hydrogen-bond acceptors (Lipinski definition) is 4. The van der Waals surface area contributed by atoms with Crippen LogP contribution in [0.1, 0.15) is 19.8 Å². The summed E-state index contributed by atoms with van der Waals surface area (Å²) < 4.78 is 5.58. The van der Waals surface area contributed by atoms with Crippen molar-refractivity contribution in [1.29, 1.82) is 0 Å². The van der Waals surface area contributed by atoms with Gasteiger partial charge in [-0.1, -0.05) is 6.92 Å². The Morgan fingerprint density at radius 2 is 1.94 bits per heavy atom. The highest BCUT2D eigenvalue weighted by Gasteiger charge is 2.25. The summed E-state index contributed by atoms with van der Waals surface area (Å²) in [6, 6.07) is 0. The number of methoxy groups -OCH3 is 1. The molecule has 0 aromatic heterocycles. The molecule has 0 aliphatic carbocycles. The van der Waals surface area contributed by atoms with Gasteiger partial charge in [0.15, 0.2) is 0 Å². The minimum Gasteiger partial charge on any atom is -0.380 e. The van der Waals surface area contributed by atoms with Crippen LogP contribution in [0.25, 0.3) is 0 Å². The SMILES string of the molecule is COC1CN(CCN2CCCNCC2)CCC1C. The zero-order valence-corrected chi connectivity index (χ0v) is 12.0. The first-order chi connectivity index (χ1) is 8.79. The second-order valence-electron chi connectivity index (χ2n) is 5.79. The minimum absolute atomic E-state index is 0.435. The fourth-order valence-electron chi connectivity index (χ4n) is 3.02. The van der Waals surface area contributed by atoms with Gasteiger partial charge in [-0.15, -0.1) is 0 Å². The van der Waals surface area contributed by atoms with Gasteiger partial charge in [0, 0.05) is 39.8 Å². The molecule has 4 nitrogen and oxygen atoms in total. The van der Waals surface area contributed by atoms with Gasteiger partial charge in [-0.05, 0) is 38.4 Å². The Bertz CT molecular complexity index is 229. The number of nitrogens with zero attached hydrogens (tertiary/aromatic N) is 2. The molecule has 2 saturated heterocycles. The lowest BCUT2D eigenvalue weighted by molar-refractivity contribution is -0.00701. The Hall–Kier alpha value is -0.160. The molecule has 18 heavy (non-hydrogen) atoms. The van der Waals surface area contributed by atoms with Gasteiger partial charge in [0.2, 0.25) is 0 Å². The van der Waals surface area contributed by atoms with Gasteiger partial charge in [-0.2, -0.15) is 0 Å². The Morgan fingerprint density at radius 1 is 1.11 bits per heavy atom. The summed E-state index contributed by atoms with van der Waals surface area (Å²) in [5.41, 5.74) is 0. The highest BCUT2D eigenvalue weighted by atomic mass is 16.5. The quantitative estimate of drug-likeness (QED) is 0.798. The van der Waals surface area contributed by atoms with Crippen molar-refractivity contribution < 1.29 is 4.74 Å². The summed E-state index contributed by atoms with van der Waals surface area (Å²) >= 11 is 0. The molecule has 0 aromatic carbocycles. The molecule has 2 heterocycles. The Kier molecular flexibility index (Phi) is 5.89. The van der Waals surface area contributed by atoms with Crippen LogP contribution in [0.5, 0.6) is 0 Å². The second-order valence-corrected chi connectivity index (χ2v) is 5.79. The molecule has 2 rings (SSSR count). The van der Waals surface area contributed by atoms with Crippen LogP contribution >= 0.6 is 0 Å². The molecule has 2 aliphatic heterocycles. The van der Waals surface area contributed by atoms with E-state index in [-0.39, 0.29) is 0 Å². The standard InChI is InChI=1S/C14H29N3O/c1-13-4-8-17(12-14(13)18-2)11-10-16-7-3-5-15-6-9-16/h13-15H,3-12H2,1-2H3. The molecule has 2 unspecified atom stereocenters. The molecule has 0 aromatic rings. The van der Waals surface area contributed by atoms with Crippen LogP contribution in [0.15, 0.2) is 0 Å². The van der Waals surface area contributed by atoms with E-state index in [1.165, 1.54) is 52.1 Å². The highest BCUT2D eigenvalue weighted by molar-refractivity contribution is 4.79. The molecule has 0 bridgehead atoms. The van der Waals surface area contributed by atoms with Crippen LogP contribution < -0.4 is 5.32 Å². The topological polar surface area (TPSA) is 27.7 Å². The molecule has 0 radical (unpaired) electrons. The summed E-state index contributed by atoms with van der Waals surface area (Å²) in [5, 5.41) is 3.46. The molecule has 0 saturated carbocycles. The van der Waals surface area contributed by atoms with E-state index >= 15 is 0 Å². The van der Waals surface area contributed by atoms with Gasteiger partial charge in [0.1, 0.15) is 0 Å². The van der Waals surface area contributed by atoms with Crippen LogP contribution in [-0.4, -0.2) is 75.4 Å². The molecule has 2 atom stereocenters. The first-order valence-corrected chi connectivity index (χ1v) is 7.48. The molecule has 0 amide bonds. The average molecular weight is 255 g/mol. The smallest absolute Gasteiger partial charge is 0.0724 e. The van der Waals surface area contributed by atoms with E-state index in [4.69, 9.17) is 4.74 Å². The van der Waals surface area contributed by atoms with E-state index in [0.717, 1.165) is 13.1 Å². The van der Waals surface area contributed by atoms with Crippen molar-refractivity contribution in [3.8, 4) is 0 Å². The van der Waals surface area contributed by atoms with Gasteiger partial charge in [0.25, 0.3) is 0 Å². The fraction of sp³-hybridized carbons (Fsp3) is 1.00. The lowest BCUT2D eigenvalue weighted by atomic mass is 9.96. The third-order valence-electron chi connectivity index (χ3n) is 4.44. The Labute approximate surface area is 112 Å². The molecule has 4 heteroatoms. The van der Waals surface area contributed by atoms with Crippen LogP contribution in [0.4, 0.5) is 0 Å². The fourth-order valence-corrected chi connectivity index (χ4v) is 3.02. The van der Waals surface area contributed by atoms with E-state index in [2.05, 4.69) is 22.0 Å². The van der Waals surface area contributed by atoms with Crippen molar-refractivity contribution in [2.45, 2.75) is 25.9 Å². The van der Waals surface area contributed by atoms with Gasteiger partial charge in [-0.25, -0.2) is 0 Å². The van der Waals surface area contributed by atoms with Gasteiger partial charge in [0.05, 0.1) is 6.10 Å². The first kappa shape index (κ1) is 14.3. The lowest BCUT2D eigenvalue weighted by Gasteiger charge is -2.37. The summed E-state index contributed by atoms with van der Waals surface area (Å²) in [6.07, 6.45) is 3.00. The summed E-state index contributed by atoms with van der Waals surface area (Å²) in [7, 11) is 1.85. The van der Waals surface area contributed by atoms with Crippen LogP contribution in [-0.2, 0) is 4.74 Å². The van der Waals surface area contributed by atoms with Crippen molar-refractivity contribution in [3.63, 3.8) is 0 Å². The maximum atomic E-state index is 5.58. The van der Waals surface area contributed by atoms with Crippen molar-refractivity contribution in [2.24, 2.45) is 5.92 Å². The summed E-state index contributed by atoms with van der Waals surface area (Å²) in [6.45, 7) is 11.9. The van der Waals surface area contributed by atoms with E-state index in [9.17, 15) is 0 Å². The van der Waals surface area contributed by atoms with E-state index in [0.29, 0.717) is 12.0 Å². The largest absolute Gasteiger partial charge is 0.380 e. The van der Waals surface area contributed by atoms with Crippen LogP contribution in [0.3, 0.4) is 0 Å². The van der Waals surface area contributed by atoms with Crippen molar-refractivity contribution >= 4 is 0 Å². The maximum absolute atomic E-state index is 5.58. The Balaban J connectivity index is 1.69. The third-order valence-corrected chi connectivity index (χ3v) is 4.44. The maximum Gasteiger partial charge on any atom is 0.0724 e. The third kappa shape index (κ3) is 4.19. The lowest BCUT2D eigenvalue weighted by Crippen LogP contribution is -2.46. The molecule has 0 spiro atoms. The highest BCUT2D eigenvalue weighted by Crippen LogP contribution is 2.19. The van der Waals surface area contributed by atoms with Gasteiger partial charge in [-0.3, -0.25) is 4.90 Å². The summed E-state index contributed by atoms with van der Waals surface area (Å²) in [5.74, 6) is 0.716. The number of hydrogen-bond donors (Lipinski definition) is 1. The number of nitrogens with one attached hydrogen (secondary N) is 1. The predicted molar refractivity (Wildman–Crippen MR) is 74.9 cm³/mol. The normalized spacial score (nSPS) is 32.3. The zero-order valence-electron chi connectivity index (χ0n) is 12.0. The summed E-state index contributed by atoms with van der Waals surface area (Å²) in [4.78, 5) is 5.17. The molecular formula is C14H29N3O. The molecule has 106 valence electrons. The molecule has 2 fully saturated rings. The van der Waals surface area contributed by atoms with Crippen LogP contribution in [0, 0.1) is 5.92 Å². The number of ether oxygens (including phenoxy) is 1.